The Morgan fingerprint density at radius 1 is 0.538 bits per heavy atom. The summed E-state index contributed by atoms with van der Waals surface area (Å²) < 4.78 is 0. The normalized spacial score (nSPS) is 11.3. The molecule has 0 saturated heterocycles. The lowest BCUT2D eigenvalue weighted by atomic mass is 10.1. The van der Waals surface area contributed by atoms with Gasteiger partial charge >= 0.3 is 0 Å². The van der Waals surface area contributed by atoms with E-state index in [2.05, 4.69) is 58.5 Å². The van der Waals surface area contributed by atoms with Crippen molar-refractivity contribution in [3.8, 4) is 0 Å². The molecular formula is C24H54N2. The summed E-state index contributed by atoms with van der Waals surface area (Å²) in [7, 11) is 4.19. The number of unbranched alkanes of at least 4 members (excludes halogenated alkanes) is 9. The van der Waals surface area contributed by atoms with Crippen LogP contribution in [-0.4, -0.2) is 50.1 Å². The van der Waals surface area contributed by atoms with Crippen LogP contribution in [0.2, 0.25) is 0 Å². The van der Waals surface area contributed by atoms with E-state index < -0.39 is 0 Å². The second-order valence-corrected chi connectivity index (χ2v) is 8.68. The molecule has 0 amide bonds. The second-order valence-electron chi connectivity index (χ2n) is 8.68. The molecule has 0 atom stereocenters. The molecule has 0 heterocycles. The molecule has 0 spiro atoms. The van der Waals surface area contributed by atoms with Crippen LogP contribution >= 0.6 is 0 Å². The molecule has 0 aliphatic carbocycles. The molecule has 0 fully saturated rings. The molecule has 0 aromatic rings. The highest BCUT2D eigenvalue weighted by atomic mass is 15.1. The van der Waals surface area contributed by atoms with E-state index in [9.17, 15) is 0 Å². The van der Waals surface area contributed by atoms with Gasteiger partial charge in [-0.3, -0.25) is 0 Å². The van der Waals surface area contributed by atoms with Gasteiger partial charge < -0.3 is 9.80 Å². The van der Waals surface area contributed by atoms with Crippen LogP contribution in [-0.2, 0) is 0 Å². The van der Waals surface area contributed by atoms with Gasteiger partial charge in [-0.2, -0.15) is 0 Å². The molecule has 0 unspecified atom stereocenters. The summed E-state index contributed by atoms with van der Waals surface area (Å²) in [6.45, 7) is 16.6. The smallest absolute Gasteiger partial charge is 0.000172 e. The van der Waals surface area contributed by atoms with Crippen molar-refractivity contribution >= 4 is 0 Å². The molecule has 0 aromatic heterocycles. The Morgan fingerprint density at radius 3 is 1.08 bits per heavy atom. The van der Waals surface area contributed by atoms with Crippen molar-refractivity contribution < 1.29 is 0 Å². The molecule has 0 N–H and O–H groups in total. The first-order valence-corrected chi connectivity index (χ1v) is 11.8. The largest absolute Gasteiger partial charge is 0.309 e. The summed E-state index contributed by atoms with van der Waals surface area (Å²) in [6, 6.07) is 0. The van der Waals surface area contributed by atoms with Crippen molar-refractivity contribution in [2.45, 2.75) is 112 Å². The van der Waals surface area contributed by atoms with E-state index in [1.54, 1.807) is 0 Å². The maximum absolute atomic E-state index is 2.74. The molecule has 0 aliphatic heterocycles. The molecule has 0 radical (unpaired) electrons. The molecule has 2 heteroatoms. The Kier molecular flexibility index (Phi) is 24.8. The van der Waals surface area contributed by atoms with Crippen LogP contribution in [0.1, 0.15) is 112 Å². The maximum Gasteiger partial charge on any atom is -0.000172 e. The van der Waals surface area contributed by atoms with Gasteiger partial charge in [-0.25, -0.2) is 0 Å². The van der Waals surface area contributed by atoms with Crippen LogP contribution in [0.4, 0.5) is 0 Å². The summed E-state index contributed by atoms with van der Waals surface area (Å²) in [4.78, 5) is 4.94. The van der Waals surface area contributed by atoms with Gasteiger partial charge in [0, 0.05) is 0 Å². The van der Waals surface area contributed by atoms with E-state index in [4.69, 9.17) is 0 Å². The highest BCUT2D eigenvalue weighted by molar-refractivity contribution is 4.59. The van der Waals surface area contributed by atoms with Gasteiger partial charge in [-0.05, 0) is 65.5 Å². The molecule has 0 aromatic carbocycles. The average Bonchev–Trinajstić information content (AvgIpc) is 2.58. The first-order chi connectivity index (χ1) is 12.5. The standard InChI is InChI=1S/C18H39N.C6H15N/c1-4-7-10-13-16-19(17-14-11-8-5-2)18-15-12-9-6-3;1-6(2)5-7(3)4/h4-18H2,1-3H3;6H,5H2,1-4H3. The van der Waals surface area contributed by atoms with E-state index in [1.807, 2.05) is 0 Å². The van der Waals surface area contributed by atoms with E-state index in [1.165, 1.54) is 103 Å². The fourth-order valence-electron chi connectivity index (χ4n) is 3.35. The Balaban J connectivity index is 0. The Hall–Kier alpha value is -0.0800. The predicted molar refractivity (Wildman–Crippen MR) is 122 cm³/mol. The first-order valence-electron chi connectivity index (χ1n) is 11.8. The Bertz CT molecular complexity index is 204. The van der Waals surface area contributed by atoms with Crippen LogP contribution in [0.15, 0.2) is 0 Å². The van der Waals surface area contributed by atoms with E-state index >= 15 is 0 Å². The van der Waals surface area contributed by atoms with Crippen molar-refractivity contribution in [3.05, 3.63) is 0 Å². The van der Waals surface area contributed by atoms with Gasteiger partial charge in [0.1, 0.15) is 0 Å². The molecule has 0 saturated carbocycles. The predicted octanol–water partition coefficient (Wildman–Crippen LogP) is 7.23. The van der Waals surface area contributed by atoms with Crippen molar-refractivity contribution in [1.82, 2.24) is 9.80 Å². The summed E-state index contributed by atoms with van der Waals surface area (Å²) in [5, 5.41) is 0. The quantitative estimate of drug-likeness (QED) is 0.249. The zero-order valence-electron chi connectivity index (χ0n) is 19.8. The number of hydrogen-bond donors (Lipinski definition) is 0. The highest BCUT2D eigenvalue weighted by Gasteiger charge is 2.04. The number of nitrogens with zero attached hydrogens (tertiary/aromatic N) is 2. The average molecular weight is 371 g/mol. The second kappa shape index (κ2) is 23.0. The van der Waals surface area contributed by atoms with E-state index in [-0.39, 0.29) is 0 Å². The lowest BCUT2D eigenvalue weighted by Crippen LogP contribution is -2.27. The topological polar surface area (TPSA) is 6.48 Å². The van der Waals surface area contributed by atoms with Crippen molar-refractivity contribution in [3.63, 3.8) is 0 Å². The van der Waals surface area contributed by atoms with Crippen LogP contribution in [0.5, 0.6) is 0 Å². The van der Waals surface area contributed by atoms with Gasteiger partial charge in [0.05, 0.1) is 0 Å². The highest BCUT2D eigenvalue weighted by Crippen LogP contribution is 2.08. The van der Waals surface area contributed by atoms with Gasteiger partial charge in [0.15, 0.2) is 0 Å². The van der Waals surface area contributed by atoms with Crippen LogP contribution < -0.4 is 0 Å². The Labute approximate surface area is 168 Å². The molecule has 26 heavy (non-hydrogen) atoms. The SMILES string of the molecule is CC(C)CN(C)C.CCCCCCN(CCCCCC)CCCCCC. The zero-order chi connectivity index (χ0) is 20.0. The minimum Gasteiger partial charge on any atom is -0.309 e. The molecule has 0 aliphatic rings. The lowest BCUT2D eigenvalue weighted by molar-refractivity contribution is 0.255. The van der Waals surface area contributed by atoms with E-state index in [0.717, 1.165) is 5.92 Å². The summed E-state index contributed by atoms with van der Waals surface area (Å²) in [6.07, 6.45) is 16.8. The third-order valence-corrected chi connectivity index (χ3v) is 4.71. The summed E-state index contributed by atoms with van der Waals surface area (Å²) >= 11 is 0. The van der Waals surface area contributed by atoms with Crippen LogP contribution in [0, 0.1) is 5.92 Å². The van der Waals surface area contributed by atoms with Crippen LogP contribution in [0.25, 0.3) is 0 Å². The van der Waals surface area contributed by atoms with E-state index in [0.29, 0.717) is 0 Å². The molecule has 160 valence electrons. The minimum absolute atomic E-state index is 0.801. The van der Waals surface area contributed by atoms with Crippen molar-refractivity contribution in [2.24, 2.45) is 5.92 Å². The van der Waals surface area contributed by atoms with Crippen molar-refractivity contribution in [1.29, 1.82) is 0 Å². The monoisotopic (exact) mass is 370 g/mol. The van der Waals surface area contributed by atoms with Gasteiger partial charge in [-0.1, -0.05) is 92.4 Å². The molecule has 0 bridgehead atoms. The maximum atomic E-state index is 2.74. The summed E-state index contributed by atoms with van der Waals surface area (Å²) in [5.74, 6) is 0.801. The van der Waals surface area contributed by atoms with Crippen molar-refractivity contribution in [2.75, 3.05) is 40.3 Å². The molecule has 2 nitrogen and oxygen atoms in total. The van der Waals surface area contributed by atoms with Crippen LogP contribution in [0.3, 0.4) is 0 Å². The Morgan fingerprint density at radius 2 is 0.885 bits per heavy atom. The third-order valence-electron chi connectivity index (χ3n) is 4.71. The van der Waals surface area contributed by atoms with Gasteiger partial charge in [0.2, 0.25) is 0 Å². The molecular weight excluding hydrogens is 316 g/mol. The molecule has 0 rings (SSSR count). The number of rotatable bonds is 17. The fraction of sp³-hybridized carbons (Fsp3) is 1.00. The summed E-state index contributed by atoms with van der Waals surface area (Å²) in [5.41, 5.74) is 0. The third kappa shape index (κ3) is 26.2. The lowest BCUT2D eigenvalue weighted by Gasteiger charge is -2.22. The first kappa shape index (κ1) is 28.1. The fourth-order valence-corrected chi connectivity index (χ4v) is 3.35. The van der Waals surface area contributed by atoms with Gasteiger partial charge in [0.25, 0.3) is 0 Å². The minimum atomic E-state index is 0.801. The zero-order valence-corrected chi connectivity index (χ0v) is 19.8. The van der Waals surface area contributed by atoms with Gasteiger partial charge in [-0.15, -0.1) is 0 Å². The number of hydrogen-bond acceptors (Lipinski definition) is 2.